The summed E-state index contributed by atoms with van der Waals surface area (Å²) >= 11 is 0. The normalized spacial score (nSPS) is 24.2. The van der Waals surface area contributed by atoms with Gasteiger partial charge in [-0.2, -0.15) is 0 Å². The summed E-state index contributed by atoms with van der Waals surface area (Å²) < 4.78 is 26.6. The number of anilines is 1. The first-order valence-electron chi connectivity index (χ1n) is 7.86. The number of halogens is 1. The van der Waals surface area contributed by atoms with E-state index >= 15 is 4.39 Å². The number of nitrogens with zero attached hydrogens (tertiary/aromatic N) is 1. The minimum atomic E-state index is -1.16. The summed E-state index contributed by atoms with van der Waals surface area (Å²) in [5.41, 5.74) is -0.603. The molecule has 2 heterocycles. The Bertz CT molecular complexity index is 683. The van der Waals surface area contributed by atoms with Crippen molar-refractivity contribution in [2.24, 2.45) is 0 Å². The van der Waals surface area contributed by atoms with Crippen LogP contribution in [0.5, 0.6) is 0 Å². The summed E-state index contributed by atoms with van der Waals surface area (Å²) in [5, 5.41) is 0. The quantitative estimate of drug-likeness (QED) is 0.620. The third-order valence-corrected chi connectivity index (χ3v) is 4.94. The second-order valence-electron chi connectivity index (χ2n) is 6.88. The predicted octanol–water partition coefficient (Wildman–Crippen LogP) is 3.37. The lowest BCUT2D eigenvalue weighted by atomic mass is 9.83. The number of benzene rings is 1. The van der Waals surface area contributed by atoms with Crippen molar-refractivity contribution in [1.82, 2.24) is 0 Å². The zero-order chi connectivity index (χ0) is 17.0. The van der Waals surface area contributed by atoms with Gasteiger partial charge in [0.15, 0.2) is 0 Å². The number of rotatable bonds is 2. The Balaban J connectivity index is 2.07. The van der Waals surface area contributed by atoms with Crippen LogP contribution in [0.2, 0.25) is 0 Å². The topological polar surface area (TPSA) is 38.8 Å². The first-order valence-corrected chi connectivity index (χ1v) is 7.86. The number of carbonyl (C=O) groups excluding carboxylic acids is 1. The van der Waals surface area contributed by atoms with Gasteiger partial charge >= 0.3 is 7.12 Å². The van der Waals surface area contributed by atoms with Crippen LogP contribution in [0.15, 0.2) is 30.0 Å². The molecular formula is C17H21BFNO3. The molecule has 122 valence electrons. The molecule has 1 fully saturated rings. The molecular weight excluding hydrogens is 296 g/mol. The first kappa shape index (κ1) is 16.2. The number of hydrogen-bond donors (Lipinski definition) is 0. The molecule has 0 aromatic heterocycles. The van der Waals surface area contributed by atoms with E-state index in [0.717, 1.165) is 5.69 Å². The summed E-state index contributed by atoms with van der Waals surface area (Å²) in [7, 11) is -1.16. The second-order valence-corrected chi connectivity index (χ2v) is 6.88. The largest absolute Gasteiger partial charge is 0.526 e. The van der Waals surface area contributed by atoms with E-state index in [1.807, 2.05) is 46.8 Å². The molecule has 0 aliphatic carbocycles. The van der Waals surface area contributed by atoms with Crippen LogP contribution in [-0.4, -0.2) is 30.8 Å². The zero-order valence-corrected chi connectivity index (χ0v) is 14.1. The van der Waals surface area contributed by atoms with Crippen molar-refractivity contribution in [2.45, 2.75) is 45.8 Å². The number of likely N-dealkylation sites (N-methyl/N-ethyl adjacent to an activating group) is 1. The van der Waals surface area contributed by atoms with Gasteiger partial charge < -0.3 is 14.2 Å². The van der Waals surface area contributed by atoms with Crippen LogP contribution in [0, 0.1) is 0 Å². The Morgan fingerprint density at radius 3 is 2.30 bits per heavy atom. The van der Waals surface area contributed by atoms with Gasteiger partial charge in [0.2, 0.25) is 0 Å². The molecule has 1 amide bonds. The first-order chi connectivity index (χ1) is 10.7. The van der Waals surface area contributed by atoms with E-state index in [1.165, 1.54) is 0 Å². The summed E-state index contributed by atoms with van der Waals surface area (Å²) in [6, 6.07) is 7.21. The standard InChI is InChI=1S/C17H21BFNO3/c1-6-20-12-10-8-7-9-11(12)13(15(20)21)14(19)18-22-16(2,3)17(4,5)23-18/h7-10H,6H2,1-5H3. The maximum absolute atomic E-state index is 15.1. The van der Waals surface area contributed by atoms with E-state index in [9.17, 15) is 4.79 Å². The van der Waals surface area contributed by atoms with Crippen molar-refractivity contribution in [2.75, 3.05) is 11.4 Å². The number of para-hydroxylation sites is 1. The van der Waals surface area contributed by atoms with Crippen molar-refractivity contribution >= 4 is 24.3 Å². The molecule has 1 saturated heterocycles. The molecule has 0 N–H and O–H groups in total. The fourth-order valence-corrected chi connectivity index (χ4v) is 2.89. The lowest BCUT2D eigenvalue weighted by Gasteiger charge is -2.32. The van der Waals surface area contributed by atoms with Crippen molar-refractivity contribution in [3.63, 3.8) is 0 Å². The predicted molar refractivity (Wildman–Crippen MR) is 88.6 cm³/mol. The molecule has 0 spiro atoms. The summed E-state index contributed by atoms with van der Waals surface area (Å²) in [4.78, 5) is 14.2. The SMILES string of the molecule is CCN1C(=O)C(=C(F)B2OC(C)(C)C(C)(C)O2)c2ccccc21. The molecule has 1 aromatic carbocycles. The van der Waals surface area contributed by atoms with Crippen LogP contribution in [0.25, 0.3) is 5.57 Å². The van der Waals surface area contributed by atoms with Crippen molar-refractivity contribution in [1.29, 1.82) is 0 Å². The van der Waals surface area contributed by atoms with E-state index in [2.05, 4.69) is 0 Å². The van der Waals surface area contributed by atoms with E-state index in [-0.39, 0.29) is 11.5 Å². The van der Waals surface area contributed by atoms with Gasteiger partial charge in [0.25, 0.3) is 5.91 Å². The summed E-state index contributed by atoms with van der Waals surface area (Å²) in [5.74, 6) is -0.346. The van der Waals surface area contributed by atoms with Gasteiger partial charge in [-0.25, -0.2) is 4.39 Å². The highest BCUT2D eigenvalue weighted by atomic mass is 19.1. The second kappa shape index (κ2) is 5.18. The van der Waals surface area contributed by atoms with Gasteiger partial charge in [0.05, 0.1) is 22.5 Å². The summed E-state index contributed by atoms with van der Waals surface area (Å²) in [6.07, 6.45) is 0. The molecule has 0 saturated carbocycles. The van der Waals surface area contributed by atoms with E-state index < -0.39 is 24.0 Å². The van der Waals surface area contributed by atoms with E-state index in [0.29, 0.717) is 12.1 Å². The third kappa shape index (κ3) is 2.32. The monoisotopic (exact) mass is 317 g/mol. The number of amides is 1. The van der Waals surface area contributed by atoms with Crippen molar-refractivity contribution < 1.29 is 18.5 Å². The average Bonchev–Trinajstić information content (AvgIpc) is 2.88. The molecule has 3 rings (SSSR count). The molecule has 4 nitrogen and oxygen atoms in total. The lowest BCUT2D eigenvalue weighted by Crippen LogP contribution is -2.41. The molecule has 23 heavy (non-hydrogen) atoms. The Morgan fingerprint density at radius 2 is 1.74 bits per heavy atom. The molecule has 0 unspecified atom stereocenters. The molecule has 2 aliphatic heterocycles. The van der Waals surface area contributed by atoms with Gasteiger partial charge in [0, 0.05) is 12.1 Å². The fourth-order valence-electron chi connectivity index (χ4n) is 2.89. The van der Waals surface area contributed by atoms with Gasteiger partial charge in [-0.1, -0.05) is 18.2 Å². The van der Waals surface area contributed by atoms with Crippen LogP contribution >= 0.6 is 0 Å². The molecule has 0 atom stereocenters. The van der Waals surface area contributed by atoms with Gasteiger partial charge in [-0.15, -0.1) is 0 Å². The minimum Gasteiger partial charge on any atom is -0.398 e. The van der Waals surface area contributed by atoms with Gasteiger partial charge in [0.1, 0.15) is 5.73 Å². The lowest BCUT2D eigenvalue weighted by molar-refractivity contribution is -0.113. The molecule has 1 aromatic rings. The maximum Gasteiger partial charge on any atom is 0.526 e. The molecule has 2 aliphatic rings. The number of fused-ring (bicyclic) bond motifs is 1. The summed E-state index contributed by atoms with van der Waals surface area (Å²) in [6.45, 7) is 9.77. The smallest absolute Gasteiger partial charge is 0.398 e. The Labute approximate surface area is 136 Å². The zero-order valence-electron chi connectivity index (χ0n) is 14.1. The molecule has 0 bridgehead atoms. The highest BCUT2D eigenvalue weighted by Gasteiger charge is 2.54. The molecule has 0 radical (unpaired) electrons. The number of hydrogen-bond acceptors (Lipinski definition) is 3. The average molecular weight is 317 g/mol. The van der Waals surface area contributed by atoms with Crippen LogP contribution in [-0.2, 0) is 14.1 Å². The van der Waals surface area contributed by atoms with Crippen LogP contribution < -0.4 is 4.90 Å². The highest BCUT2D eigenvalue weighted by Crippen LogP contribution is 2.43. The van der Waals surface area contributed by atoms with Crippen LogP contribution in [0.4, 0.5) is 10.1 Å². The van der Waals surface area contributed by atoms with E-state index in [1.54, 1.807) is 17.0 Å². The Hall–Kier alpha value is -1.66. The Morgan fingerprint density at radius 1 is 1.17 bits per heavy atom. The van der Waals surface area contributed by atoms with Gasteiger partial charge in [-0.05, 0) is 40.7 Å². The Kier molecular flexibility index (Phi) is 3.65. The van der Waals surface area contributed by atoms with Crippen molar-refractivity contribution in [3.8, 4) is 0 Å². The minimum absolute atomic E-state index is 0.0425. The fraction of sp³-hybridized carbons (Fsp3) is 0.471. The van der Waals surface area contributed by atoms with Crippen LogP contribution in [0.3, 0.4) is 0 Å². The van der Waals surface area contributed by atoms with Gasteiger partial charge in [-0.3, -0.25) is 4.79 Å². The van der Waals surface area contributed by atoms with E-state index in [4.69, 9.17) is 9.31 Å². The molecule has 6 heteroatoms. The van der Waals surface area contributed by atoms with Crippen LogP contribution in [0.1, 0.15) is 40.2 Å². The highest BCUT2D eigenvalue weighted by molar-refractivity contribution is 6.58. The maximum atomic E-state index is 15.1. The number of carbonyl (C=O) groups is 1. The third-order valence-electron chi connectivity index (χ3n) is 4.94. The van der Waals surface area contributed by atoms with Crippen molar-refractivity contribution in [3.05, 3.63) is 35.6 Å².